The van der Waals surface area contributed by atoms with Gasteiger partial charge in [-0.1, -0.05) is 60.7 Å². The van der Waals surface area contributed by atoms with E-state index in [9.17, 15) is 19.2 Å². The summed E-state index contributed by atoms with van der Waals surface area (Å²) in [6.45, 7) is -0.211. The van der Waals surface area contributed by atoms with Gasteiger partial charge in [-0.15, -0.1) is 0 Å². The highest BCUT2D eigenvalue weighted by atomic mass is 16.5. The highest BCUT2D eigenvalue weighted by Gasteiger charge is 2.24. The Morgan fingerprint density at radius 2 is 1.58 bits per heavy atom. The van der Waals surface area contributed by atoms with Gasteiger partial charge in [0.2, 0.25) is 5.91 Å². The number of amides is 3. The zero-order valence-electron chi connectivity index (χ0n) is 18.1. The van der Waals surface area contributed by atoms with Crippen LogP contribution in [0.15, 0.2) is 72.6 Å². The molecule has 3 amide bonds. The van der Waals surface area contributed by atoms with E-state index < -0.39 is 29.9 Å². The van der Waals surface area contributed by atoms with Gasteiger partial charge in [-0.3, -0.25) is 14.4 Å². The van der Waals surface area contributed by atoms with Crippen LogP contribution in [0.1, 0.15) is 11.1 Å². The molecule has 174 valence electrons. The van der Waals surface area contributed by atoms with Gasteiger partial charge < -0.3 is 31.2 Å². The number of carbonyl (C=O) groups excluding carboxylic acids is 4. The van der Waals surface area contributed by atoms with Crippen LogP contribution < -0.4 is 21.7 Å². The lowest BCUT2D eigenvalue weighted by molar-refractivity contribution is -0.139. The van der Waals surface area contributed by atoms with E-state index in [-0.39, 0.29) is 25.3 Å². The second kappa shape index (κ2) is 13.2. The van der Waals surface area contributed by atoms with Gasteiger partial charge in [0.05, 0.1) is 7.11 Å². The average molecular weight is 454 g/mol. The first-order valence-electron chi connectivity index (χ1n) is 10.0. The maximum absolute atomic E-state index is 12.9. The summed E-state index contributed by atoms with van der Waals surface area (Å²) in [4.78, 5) is 48.1. The number of benzene rings is 2. The Labute approximate surface area is 191 Å². The molecule has 0 radical (unpaired) electrons. The number of ether oxygens (including phenoxy) is 2. The van der Waals surface area contributed by atoms with Gasteiger partial charge in [0, 0.05) is 12.6 Å². The minimum atomic E-state index is -1.07. The minimum Gasteiger partial charge on any atom is -0.468 e. The number of nitrogens with two attached hydrogens (primary N) is 1. The summed E-state index contributed by atoms with van der Waals surface area (Å²) in [5.74, 6) is -2.21. The first-order chi connectivity index (χ1) is 15.9. The van der Waals surface area contributed by atoms with Crippen LogP contribution in [0.5, 0.6) is 0 Å². The van der Waals surface area contributed by atoms with Crippen molar-refractivity contribution in [2.45, 2.75) is 19.1 Å². The fourth-order valence-corrected chi connectivity index (χ4v) is 2.66. The summed E-state index contributed by atoms with van der Waals surface area (Å²) in [5.41, 5.74) is 6.58. The van der Waals surface area contributed by atoms with E-state index in [0.29, 0.717) is 0 Å². The van der Waals surface area contributed by atoms with Crippen LogP contribution in [0.4, 0.5) is 4.79 Å². The molecule has 1 unspecified atom stereocenters. The fraction of sp³-hybridized carbons (Fsp3) is 0.217. The lowest BCUT2D eigenvalue weighted by Gasteiger charge is -2.19. The molecule has 10 heteroatoms. The van der Waals surface area contributed by atoms with Crippen LogP contribution in [0.2, 0.25) is 0 Å². The van der Waals surface area contributed by atoms with Crippen LogP contribution in [-0.4, -0.2) is 43.6 Å². The van der Waals surface area contributed by atoms with Crippen molar-refractivity contribution in [2.24, 2.45) is 5.73 Å². The monoisotopic (exact) mass is 454 g/mol. The molecule has 2 aromatic rings. The van der Waals surface area contributed by atoms with E-state index in [0.717, 1.165) is 17.3 Å². The molecule has 0 fully saturated rings. The molecular formula is C23H26N4O6. The number of hydrogen-bond donors (Lipinski definition) is 4. The fourth-order valence-electron chi connectivity index (χ4n) is 2.66. The van der Waals surface area contributed by atoms with Gasteiger partial charge in [-0.25, -0.2) is 4.79 Å². The predicted octanol–water partition coefficient (Wildman–Crippen LogP) is 0.730. The first kappa shape index (κ1) is 24.9. The largest absolute Gasteiger partial charge is 0.468 e. The third kappa shape index (κ3) is 9.13. The zero-order chi connectivity index (χ0) is 24.1. The summed E-state index contributed by atoms with van der Waals surface area (Å²) < 4.78 is 9.68. The highest BCUT2D eigenvalue weighted by molar-refractivity contribution is 5.98. The second-order valence-corrected chi connectivity index (χ2v) is 6.82. The molecule has 0 bridgehead atoms. The molecule has 0 saturated carbocycles. The number of esters is 1. The summed E-state index contributed by atoms with van der Waals surface area (Å²) in [6.07, 6.45) is 0.419. The number of nitrogens with one attached hydrogen (secondary N) is 3. The Hall–Kier alpha value is -4.34. The number of carbonyl (C=O) groups is 4. The number of hydrogen-bond acceptors (Lipinski definition) is 7. The maximum Gasteiger partial charge on any atom is 0.408 e. The third-order valence-electron chi connectivity index (χ3n) is 4.35. The molecule has 2 rings (SSSR count). The van der Waals surface area contributed by atoms with Gasteiger partial charge in [0.15, 0.2) is 0 Å². The second-order valence-electron chi connectivity index (χ2n) is 6.82. The maximum atomic E-state index is 12.9. The highest BCUT2D eigenvalue weighted by Crippen LogP contribution is 2.06. The SMILES string of the molecule is COC(=O)CN/C=C(/NC(=O)C(Cc1ccccc1)NC(=O)OCc1ccccc1)C(N)=O. The van der Waals surface area contributed by atoms with Crippen molar-refractivity contribution in [1.29, 1.82) is 0 Å². The molecule has 10 nitrogen and oxygen atoms in total. The van der Waals surface area contributed by atoms with Gasteiger partial charge in [0.25, 0.3) is 5.91 Å². The molecule has 5 N–H and O–H groups in total. The van der Waals surface area contributed by atoms with Crippen molar-refractivity contribution in [1.82, 2.24) is 16.0 Å². The zero-order valence-corrected chi connectivity index (χ0v) is 18.1. The van der Waals surface area contributed by atoms with Crippen molar-refractivity contribution in [3.8, 4) is 0 Å². The summed E-state index contributed by atoms with van der Waals surface area (Å²) in [6, 6.07) is 17.0. The van der Waals surface area contributed by atoms with Crippen molar-refractivity contribution in [2.75, 3.05) is 13.7 Å². The smallest absolute Gasteiger partial charge is 0.408 e. The quantitative estimate of drug-likeness (QED) is 0.289. The van der Waals surface area contributed by atoms with Crippen molar-refractivity contribution in [3.05, 3.63) is 83.7 Å². The van der Waals surface area contributed by atoms with Gasteiger partial charge in [0.1, 0.15) is 24.9 Å². The number of alkyl carbamates (subject to hydrolysis) is 1. The van der Waals surface area contributed by atoms with Crippen molar-refractivity contribution in [3.63, 3.8) is 0 Å². The molecule has 0 aliphatic rings. The molecule has 0 saturated heterocycles. The van der Waals surface area contributed by atoms with Crippen molar-refractivity contribution >= 4 is 23.9 Å². The molecule has 33 heavy (non-hydrogen) atoms. The predicted molar refractivity (Wildman–Crippen MR) is 119 cm³/mol. The van der Waals surface area contributed by atoms with Crippen molar-refractivity contribution < 1.29 is 28.7 Å². The molecule has 0 spiro atoms. The van der Waals surface area contributed by atoms with Crippen LogP contribution in [-0.2, 0) is 36.9 Å². The Morgan fingerprint density at radius 3 is 2.15 bits per heavy atom. The molecule has 0 heterocycles. The van der Waals surface area contributed by atoms with E-state index in [1.807, 2.05) is 24.3 Å². The van der Waals surface area contributed by atoms with Gasteiger partial charge in [-0.05, 0) is 11.1 Å². The van der Waals surface area contributed by atoms with E-state index in [4.69, 9.17) is 10.5 Å². The average Bonchev–Trinajstić information content (AvgIpc) is 2.82. The molecule has 0 aliphatic heterocycles. The van der Waals surface area contributed by atoms with E-state index in [1.165, 1.54) is 7.11 Å². The van der Waals surface area contributed by atoms with Crippen LogP contribution in [0.3, 0.4) is 0 Å². The van der Waals surface area contributed by atoms with Crippen LogP contribution >= 0.6 is 0 Å². The summed E-state index contributed by atoms with van der Waals surface area (Å²) in [7, 11) is 1.21. The van der Waals surface area contributed by atoms with E-state index in [2.05, 4.69) is 20.7 Å². The van der Waals surface area contributed by atoms with Gasteiger partial charge in [-0.2, -0.15) is 0 Å². The standard InChI is InChI=1S/C23H26N4O6/c1-32-20(28)14-25-13-19(21(24)29)26-22(30)18(12-16-8-4-2-5-9-16)27-23(31)33-15-17-10-6-3-7-11-17/h2-11,13,18,25H,12,14-15H2,1H3,(H2,24,29)(H,26,30)(H,27,31)/b19-13+. The van der Waals surface area contributed by atoms with E-state index in [1.54, 1.807) is 36.4 Å². The molecule has 0 aromatic heterocycles. The van der Waals surface area contributed by atoms with Crippen LogP contribution in [0, 0.1) is 0 Å². The summed E-state index contributed by atoms with van der Waals surface area (Å²) in [5, 5.41) is 7.41. The number of methoxy groups -OCH3 is 1. The lowest BCUT2D eigenvalue weighted by atomic mass is 10.1. The molecule has 1 atom stereocenters. The summed E-state index contributed by atoms with van der Waals surface area (Å²) >= 11 is 0. The topological polar surface area (TPSA) is 149 Å². The van der Waals surface area contributed by atoms with E-state index >= 15 is 0 Å². The Balaban J connectivity index is 2.08. The normalized spacial score (nSPS) is 11.6. The first-order valence-corrected chi connectivity index (χ1v) is 10.0. The number of rotatable bonds is 11. The Morgan fingerprint density at radius 1 is 0.970 bits per heavy atom. The number of primary amides is 1. The molecule has 0 aliphatic carbocycles. The molecular weight excluding hydrogens is 428 g/mol. The minimum absolute atomic E-state index is 0.0240. The van der Waals surface area contributed by atoms with Gasteiger partial charge >= 0.3 is 12.1 Å². The third-order valence-corrected chi connectivity index (χ3v) is 4.35. The molecule has 2 aromatic carbocycles. The van der Waals surface area contributed by atoms with Crippen LogP contribution in [0.25, 0.3) is 0 Å². The Bertz CT molecular complexity index is 979. The lowest BCUT2D eigenvalue weighted by Crippen LogP contribution is -2.49. The Kier molecular flexibility index (Phi) is 9.94.